The highest BCUT2D eigenvalue weighted by molar-refractivity contribution is 8.54. The maximum atomic E-state index is 13.6. The summed E-state index contributed by atoms with van der Waals surface area (Å²) >= 11 is 0. The predicted octanol–water partition coefficient (Wildman–Crippen LogP) is 6.23. The van der Waals surface area contributed by atoms with Gasteiger partial charge in [-0.2, -0.15) is 13.2 Å². The second-order valence-electron chi connectivity index (χ2n) is 5.73. The lowest BCUT2D eigenvalue weighted by Gasteiger charge is -2.39. The number of fused-ring (bicyclic) bond motifs is 1. The monoisotopic (exact) mass is 308 g/mol. The van der Waals surface area contributed by atoms with Gasteiger partial charge in [0.05, 0.1) is 0 Å². The quantitative estimate of drug-likeness (QED) is 0.532. The number of halogens is 4. The van der Waals surface area contributed by atoms with Crippen molar-refractivity contribution >= 4 is 26.0 Å². The van der Waals surface area contributed by atoms with Gasteiger partial charge in [-0.25, -0.2) is 0 Å². The fraction of sp³-hybridized carbons (Fsp3) is 0.429. The van der Waals surface area contributed by atoms with Crippen LogP contribution in [0.4, 0.5) is 13.2 Å². The topological polar surface area (TPSA) is 0 Å². The maximum Gasteiger partial charge on any atom is 0.445 e. The fourth-order valence-electron chi connectivity index (χ4n) is 2.30. The smallest absolute Gasteiger partial charge is 0.160 e. The van der Waals surface area contributed by atoms with Crippen LogP contribution in [0.25, 0.3) is 6.08 Å². The summed E-state index contributed by atoms with van der Waals surface area (Å²) in [5.41, 5.74) is -3.58. The van der Waals surface area contributed by atoms with Crippen LogP contribution in [0.2, 0.25) is 0 Å². The van der Waals surface area contributed by atoms with Gasteiger partial charge < -0.3 is 0 Å². The van der Waals surface area contributed by atoms with E-state index in [1.54, 1.807) is 32.9 Å². The molecule has 1 aromatic rings. The van der Waals surface area contributed by atoms with Gasteiger partial charge in [0.1, 0.15) is 0 Å². The molecule has 0 aliphatic carbocycles. The first-order valence-corrected chi connectivity index (χ1v) is 8.36. The molecule has 2 rings (SSSR count). The molecule has 0 nitrogen and oxygen atoms in total. The Kier molecular flexibility index (Phi) is 3.26. The first-order valence-electron chi connectivity index (χ1n) is 5.90. The van der Waals surface area contributed by atoms with Crippen LogP contribution < -0.4 is 0 Å². The minimum Gasteiger partial charge on any atom is -0.160 e. The van der Waals surface area contributed by atoms with Gasteiger partial charge in [-0.05, 0) is 60.4 Å². The Labute approximate surface area is 117 Å². The minimum atomic E-state index is -4.44. The van der Waals surface area contributed by atoms with Crippen LogP contribution in [0.5, 0.6) is 0 Å². The number of hydrogen-bond donors (Lipinski definition) is 0. The molecule has 1 unspecified atom stereocenters. The van der Waals surface area contributed by atoms with E-state index < -0.39 is 20.2 Å². The van der Waals surface area contributed by atoms with E-state index in [-0.39, 0.29) is 4.90 Å². The molecule has 19 heavy (non-hydrogen) atoms. The Morgan fingerprint density at radius 3 is 2.16 bits per heavy atom. The normalized spacial score (nSPS) is 26.6. The zero-order valence-electron chi connectivity index (χ0n) is 11.2. The van der Waals surface area contributed by atoms with Crippen molar-refractivity contribution < 1.29 is 13.2 Å². The molecule has 0 amide bonds. The Hall–Kier alpha value is -0.610. The van der Waals surface area contributed by atoms with Crippen LogP contribution in [0.15, 0.2) is 28.0 Å². The van der Waals surface area contributed by atoms with Crippen molar-refractivity contribution in [2.75, 3.05) is 0 Å². The van der Waals surface area contributed by atoms with Crippen molar-refractivity contribution in [2.45, 2.75) is 38.1 Å². The van der Waals surface area contributed by atoms with Gasteiger partial charge >= 0.3 is 5.51 Å². The van der Waals surface area contributed by atoms with Gasteiger partial charge in [-0.1, -0.05) is 32.9 Å². The second-order valence-corrected chi connectivity index (χ2v) is 9.54. The summed E-state index contributed by atoms with van der Waals surface area (Å²) in [6.45, 7) is 7.13. The molecule has 5 heteroatoms. The summed E-state index contributed by atoms with van der Waals surface area (Å²) in [5.74, 6) is 0. The number of aryl methyl sites for hydroxylation is 1. The Bertz CT molecular complexity index is 555. The van der Waals surface area contributed by atoms with E-state index in [0.29, 0.717) is 10.5 Å². The molecule has 0 aromatic heterocycles. The number of allylic oxidation sites excluding steroid dienone is 1. The molecule has 106 valence electrons. The average Bonchev–Trinajstić information content (AvgIpc) is 2.54. The van der Waals surface area contributed by atoms with E-state index in [1.165, 1.54) is 6.07 Å². The molecule has 0 radical (unpaired) electrons. The number of benzene rings is 1. The molecular formula is C14H16ClF3S. The number of alkyl halides is 3. The summed E-state index contributed by atoms with van der Waals surface area (Å²) in [4.78, 5) is 0.519. The highest BCUT2D eigenvalue weighted by atomic mass is 35.7. The average molecular weight is 309 g/mol. The zero-order chi connectivity index (χ0) is 14.6. The molecule has 1 atom stereocenters. The highest BCUT2D eigenvalue weighted by Gasteiger charge is 2.58. The lowest BCUT2D eigenvalue weighted by atomic mass is 9.94. The first kappa shape index (κ1) is 14.8. The van der Waals surface area contributed by atoms with E-state index in [4.69, 9.17) is 10.7 Å². The molecule has 0 saturated heterocycles. The van der Waals surface area contributed by atoms with E-state index in [0.717, 1.165) is 5.56 Å². The third-order valence-electron chi connectivity index (χ3n) is 3.22. The van der Waals surface area contributed by atoms with Crippen LogP contribution in [0.1, 0.15) is 31.9 Å². The molecule has 0 bridgehead atoms. The van der Waals surface area contributed by atoms with E-state index >= 15 is 0 Å². The van der Waals surface area contributed by atoms with Gasteiger partial charge in [0, 0.05) is 4.90 Å². The second kappa shape index (κ2) is 4.19. The molecule has 0 spiro atoms. The predicted molar refractivity (Wildman–Crippen MR) is 76.4 cm³/mol. The van der Waals surface area contributed by atoms with Crippen molar-refractivity contribution in [2.24, 2.45) is 5.41 Å². The molecule has 0 fully saturated rings. The molecule has 0 N–H and O–H groups in total. The van der Waals surface area contributed by atoms with E-state index in [9.17, 15) is 13.2 Å². The Balaban J connectivity index is 2.78. The molecule has 1 aliphatic rings. The van der Waals surface area contributed by atoms with Crippen LogP contribution in [-0.4, -0.2) is 5.51 Å². The third-order valence-corrected chi connectivity index (χ3v) is 7.68. The van der Waals surface area contributed by atoms with Gasteiger partial charge in [-0.3, -0.25) is 0 Å². The van der Waals surface area contributed by atoms with Crippen molar-refractivity contribution in [1.29, 1.82) is 0 Å². The molecule has 1 aromatic carbocycles. The van der Waals surface area contributed by atoms with Gasteiger partial charge in [-0.15, -0.1) is 0 Å². The minimum absolute atomic E-state index is 0.228. The maximum absolute atomic E-state index is 13.6. The SMILES string of the molecule is Cc1cccc2c1C=C(C(C)(C)C)S2(Cl)C(F)(F)F. The van der Waals surface area contributed by atoms with Crippen LogP contribution in [0.3, 0.4) is 0 Å². The lowest BCUT2D eigenvalue weighted by molar-refractivity contribution is -0.0362. The molecular weight excluding hydrogens is 293 g/mol. The summed E-state index contributed by atoms with van der Waals surface area (Å²) in [5, 5.41) is 0. The lowest BCUT2D eigenvalue weighted by Crippen LogP contribution is -2.22. The fourth-order valence-corrected chi connectivity index (χ4v) is 6.18. The van der Waals surface area contributed by atoms with Crippen molar-refractivity contribution in [3.05, 3.63) is 34.2 Å². The van der Waals surface area contributed by atoms with Gasteiger partial charge in [0.25, 0.3) is 0 Å². The number of rotatable bonds is 0. The summed E-state index contributed by atoms with van der Waals surface area (Å²) < 4.78 is 40.8. The Morgan fingerprint density at radius 2 is 1.68 bits per heavy atom. The van der Waals surface area contributed by atoms with E-state index in [2.05, 4.69) is 0 Å². The highest BCUT2D eigenvalue weighted by Crippen LogP contribution is 2.82. The molecule has 1 heterocycles. The van der Waals surface area contributed by atoms with E-state index in [1.807, 2.05) is 13.0 Å². The van der Waals surface area contributed by atoms with Crippen LogP contribution in [0, 0.1) is 12.3 Å². The van der Waals surface area contributed by atoms with Gasteiger partial charge in [0.2, 0.25) is 0 Å². The van der Waals surface area contributed by atoms with Crippen LogP contribution in [-0.2, 0) is 0 Å². The summed E-state index contributed by atoms with van der Waals surface area (Å²) in [6, 6.07) is 4.96. The number of hydrogen-bond acceptors (Lipinski definition) is 0. The van der Waals surface area contributed by atoms with Gasteiger partial charge in [0.15, 0.2) is 0 Å². The standard InChI is InChI=1S/C14H16ClF3S/c1-9-6-5-7-11-10(9)8-12(13(2,3)4)19(11,15)14(16,17)18/h5-8H,1-4H3. The molecule has 0 saturated carbocycles. The summed E-state index contributed by atoms with van der Waals surface area (Å²) in [7, 11) is 2.72. The van der Waals surface area contributed by atoms with Crippen molar-refractivity contribution in [3.63, 3.8) is 0 Å². The first-order chi connectivity index (χ1) is 8.49. The largest absolute Gasteiger partial charge is 0.445 e. The Morgan fingerprint density at radius 1 is 1.11 bits per heavy atom. The zero-order valence-corrected chi connectivity index (χ0v) is 12.8. The summed E-state index contributed by atoms with van der Waals surface area (Å²) in [6.07, 6.45) is 1.64. The molecule has 1 aliphatic heterocycles. The van der Waals surface area contributed by atoms with Crippen LogP contribution >= 0.6 is 19.9 Å². The van der Waals surface area contributed by atoms with Crippen molar-refractivity contribution in [1.82, 2.24) is 0 Å². The van der Waals surface area contributed by atoms with Crippen molar-refractivity contribution in [3.8, 4) is 0 Å². The third kappa shape index (κ3) is 2.09.